The third-order valence-electron chi connectivity index (χ3n) is 4.67. The van der Waals surface area contributed by atoms with Crippen LogP contribution in [0.3, 0.4) is 0 Å². The fraction of sp³-hybridized carbons (Fsp3) is 0.955. The van der Waals surface area contributed by atoms with Gasteiger partial charge in [-0.1, -0.05) is 104 Å². The Labute approximate surface area is 152 Å². The second-order valence-electron chi connectivity index (χ2n) is 7.75. The molecular formula is C22H44O2. The van der Waals surface area contributed by atoms with Gasteiger partial charge in [-0.2, -0.15) is 0 Å². The van der Waals surface area contributed by atoms with Crippen LogP contribution in [-0.4, -0.2) is 12.6 Å². The molecule has 0 unspecified atom stereocenters. The lowest BCUT2D eigenvalue weighted by Crippen LogP contribution is -2.06. The predicted molar refractivity (Wildman–Crippen MR) is 105 cm³/mol. The number of esters is 1. The molecule has 24 heavy (non-hydrogen) atoms. The Morgan fingerprint density at radius 2 is 1.17 bits per heavy atom. The lowest BCUT2D eigenvalue weighted by molar-refractivity contribution is -0.143. The maximum atomic E-state index is 11.5. The Morgan fingerprint density at radius 3 is 1.62 bits per heavy atom. The van der Waals surface area contributed by atoms with Crippen LogP contribution in [0.4, 0.5) is 0 Å². The molecule has 0 aliphatic heterocycles. The molecule has 0 aromatic rings. The Kier molecular flexibility index (Phi) is 18.4. The molecule has 0 saturated heterocycles. The number of ether oxygens (including phenoxy) is 1. The monoisotopic (exact) mass is 340 g/mol. The van der Waals surface area contributed by atoms with Gasteiger partial charge in [-0.15, -0.1) is 0 Å². The highest BCUT2D eigenvalue weighted by Gasteiger charge is 2.03. The van der Waals surface area contributed by atoms with Crippen LogP contribution < -0.4 is 0 Å². The van der Waals surface area contributed by atoms with E-state index < -0.39 is 0 Å². The fourth-order valence-electron chi connectivity index (χ4n) is 3.03. The zero-order valence-electron chi connectivity index (χ0n) is 16.9. The summed E-state index contributed by atoms with van der Waals surface area (Å²) >= 11 is 0. The van der Waals surface area contributed by atoms with Crippen molar-refractivity contribution in [3.8, 4) is 0 Å². The Balaban J connectivity index is 3.10. The number of rotatable bonds is 18. The van der Waals surface area contributed by atoms with Gasteiger partial charge in [0, 0.05) is 6.42 Å². The zero-order valence-corrected chi connectivity index (χ0v) is 16.9. The smallest absolute Gasteiger partial charge is 0.305 e. The summed E-state index contributed by atoms with van der Waals surface area (Å²) < 4.78 is 5.28. The van der Waals surface area contributed by atoms with Gasteiger partial charge in [0.15, 0.2) is 0 Å². The van der Waals surface area contributed by atoms with E-state index in [1.807, 2.05) is 0 Å². The highest BCUT2D eigenvalue weighted by molar-refractivity contribution is 5.69. The summed E-state index contributed by atoms with van der Waals surface area (Å²) in [5.41, 5.74) is 0. The Hall–Kier alpha value is -0.530. The predicted octanol–water partition coefficient (Wildman–Crippen LogP) is 7.45. The molecule has 0 aliphatic rings. The molecule has 144 valence electrons. The second kappa shape index (κ2) is 18.8. The van der Waals surface area contributed by atoms with E-state index in [9.17, 15) is 4.79 Å². The maximum Gasteiger partial charge on any atom is 0.305 e. The van der Waals surface area contributed by atoms with E-state index in [0.717, 1.165) is 19.3 Å². The molecule has 0 N–H and O–H groups in total. The third-order valence-corrected chi connectivity index (χ3v) is 4.67. The van der Waals surface area contributed by atoms with Gasteiger partial charge in [0.05, 0.1) is 6.61 Å². The minimum absolute atomic E-state index is 0.00501. The first-order chi connectivity index (χ1) is 11.7. The van der Waals surface area contributed by atoms with E-state index in [-0.39, 0.29) is 5.97 Å². The number of carbonyl (C=O) groups excluding carboxylic acids is 1. The molecule has 0 heterocycles. The minimum Gasteiger partial charge on any atom is -0.466 e. The summed E-state index contributed by atoms with van der Waals surface area (Å²) in [6.07, 6.45) is 20.2. The van der Waals surface area contributed by atoms with Crippen LogP contribution in [0.2, 0.25) is 0 Å². The highest BCUT2D eigenvalue weighted by Crippen LogP contribution is 2.12. The molecule has 0 aliphatic carbocycles. The van der Waals surface area contributed by atoms with Crippen molar-refractivity contribution in [1.29, 1.82) is 0 Å². The van der Waals surface area contributed by atoms with Crippen LogP contribution in [0.25, 0.3) is 0 Å². The maximum absolute atomic E-state index is 11.5. The molecule has 0 fully saturated rings. The molecule has 0 saturated carbocycles. The van der Waals surface area contributed by atoms with E-state index in [1.165, 1.54) is 77.0 Å². The highest BCUT2D eigenvalue weighted by atomic mass is 16.5. The van der Waals surface area contributed by atoms with Gasteiger partial charge in [0.25, 0.3) is 0 Å². The summed E-state index contributed by atoms with van der Waals surface area (Å²) in [6, 6.07) is 0. The summed E-state index contributed by atoms with van der Waals surface area (Å²) in [6.45, 7) is 7.29. The van der Waals surface area contributed by atoms with E-state index >= 15 is 0 Å². The largest absolute Gasteiger partial charge is 0.466 e. The summed E-state index contributed by atoms with van der Waals surface area (Å²) in [5, 5.41) is 0. The molecule has 0 spiro atoms. The van der Waals surface area contributed by atoms with Crippen molar-refractivity contribution in [1.82, 2.24) is 0 Å². The molecule has 2 heteroatoms. The fourth-order valence-corrected chi connectivity index (χ4v) is 3.03. The van der Waals surface area contributed by atoms with Crippen LogP contribution in [0, 0.1) is 5.92 Å². The third kappa shape index (κ3) is 19.5. The molecule has 0 radical (unpaired) electrons. The standard InChI is InChI=1S/C22H44O2/c1-4-5-6-7-8-9-10-11-12-13-14-15-16-20-24-22(23)19-17-18-21(2)3/h21H,4-20H2,1-3H3. The number of hydrogen-bond donors (Lipinski definition) is 0. The van der Waals surface area contributed by atoms with Gasteiger partial charge in [0.1, 0.15) is 0 Å². The molecule has 0 amide bonds. The zero-order chi connectivity index (χ0) is 17.9. The topological polar surface area (TPSA) is 26.3 Å². The normalized spacial score (nSPS) is 11.2. The molecule has 2 nitrogen and oxygen atoms in total. The van der Waals surface area contributed by atoms with Crippen molar-refractivity contribution in [3.05, 3.63) is 0 Å². The Morgan fingerprint density at radius 1 is 0.708 bits per heavy atom. The van der Waals surface area contributed by atoms with E-state index in [0.29, 0.717) is 18.9 Å². The number of carbonyl (C=O) groups is 1. The van der Waals surface area contributed by atoms with E-state index in [2.05, 4.69) is 20.8 Å². The second-order valence-corrected chi connectivity index (χ2v) is 7.75. The van der Waals surface area contributed by atoms with Gasteiger partial charge in [-0.25, -0.2) is 0 Å². The Bertz CT molecular complexity index is 261. The molecule has 0 aromatic heterocycles. The molecule has 0 rings (SSSR count). The summed E-state index contributed by atoms with van der Waals surface area (Å²) in [4.78, 5) is 11.5. The van der Waals surface area contributed by atoms with E-state index in [1.54, 1.807) is 0 Å². The first kappa shape index (κ1) is 23.5. The lowest BCUT2D eigenvalue weighted by Gasteiger charge is -2.06. The van der Waals surface area contributed by atoms with Gasteiger partial charge in [0.2, 0.25) is 0 Å². The summed E-state index contributed by atoms with van der Waals surface area (Å²) in [5.74, 6) is 0.674. The van der Waals surface area contributed by atoms with Crippen LogP contribution in [0.1, 0.15) is 124 Å². The average molecular weight is 341 g/mol. The first-order valence-corrected chi connectivity index (χ1v) is 10.8. The summed E-state index contributed by atoms with van der Waals surface area (Å²) in [7, 11) is 0. The number of hydrogen-bond acceptors (Lipinski definition) is 2. The van der Waals surface area contributed by atoms with Crippen molar-refractivity contribution in [2.75, 3.05) is 6.61 Å². The SMILES string of the molecule is CCCCCCCCCCCCCCCOC(=O)CCCC(C)C. The lowest BCUT2D eigenvalue weighted by atomic mass is 10.0. The van der Waals surface area contributed by atoms with Crippen LogP contribution in [0.15, 0.2) is 0 Å². The minimum atomic E-state index is -0.00501. The van der Waals surface area contributed by atoms with Crippen molar-refractivity contribution < 1.29 is 9.53 Å². The average Bonchev–Trinajstić information content (AvgIpc) is 2.55. The van der Waals surface area contributed by atoms with E-state index in [4.69, 9.17) is 4.74 Å². The van der Waals surface area contributed by atoms with Crippen LogP contribution in [-0.2, 0) is 9.53 Å². The molecule has 0 aromatic carbocycles. The van der Waals surface area contributed by atoms with Crippen molar-refractivity contribution >= 4 is 5.97 Å². The van der Waals surface area contributed by atoms with Crippen molar-refractivity contribution in [2.45, 2.75) is 124 Å². The van der Waals surface area contributed by atoms with Gasteiger partial charge < -0.3 is 4.74 Å². The van der Waals surface area contributed by atoms with Crippen LogP contribution in [0.5, 0.6) is 0 Å². The van der Waals surface area contributed by atoms with Gasteiger partial charge >= 0.3 is 5.97 Å². The molecule has 0 bridgehead atoms. The molecule has 0 atom stereocenters. The van der Waals surface area contributed by atoms with Crippen LogP contribution >= 0.6 is 0 Å². The quantitative estimate of drug-likeness (QED) is 0.191. The first-order valence-electron chi connectivity index (χ1n) is 10.8. The van der Waals surface area contributed by atoms with Gasteiger partial charge in [-0.3, -0.25) is 4.79 Å². The van der Waals surface area contributed by atoms with Gasteiger partial charge in [-0.05, 0) is 18.8 Å². The van der Waals surface area contributed by atoms with Crippen molar-refractivity contribution in [3.63, 3.8) is 0 Å². The van der Waals surface area contributed by atoms with Crippen molar-refractivity contribution in [2.24, 2.45) is 5.92 Å². The molecular weight excluding hydrogens is 296 g/mol. The number of unbranched alkanes of at least 4 members (excludes halogenated alkanes) is 12.